The van der Waals surface area contributed by atoms with Crippen molar-refractivity contribution in [2.75, 3.05) is 36.8 Å². The van der Waals surface area contributed by atoms with Crippen molar-refractivity contribution in [2.45, 2.75) is 51.9 Å². The molecular formula is C22H35ClN4O2. The van der Waals surface area contributed by atoms with Crippen molar-refractivity contribution < 1.29 is 9.59 Å². The standard InChI is InChI=1S/C22H34N4O2.ClH/c1-17(18-7-6-12-23-16-18)15-21(27)24-19-8-10-20(11-9-19)25-22(28)26-13-4-2-3-5-14-26;/h8-11,17-18,23H,2-7,12-16H2,1H3,(H,24,27)(H,25,28);1H. The summed E-state index contributed by atoms with van der Waals surface area (Å²) in [6, 6.07) is 7.36. The van der Waals surface area contributed by atoms with Crippen LogP contribution in [-0.2, 0) is 4.79 Å². The van der Waals surface area contributed by atoms with Crippen LogP contribution in [0.25, 0.3) is 0 Å². The predicted molar refractivity (Wildman–Crippen MR) is 121 cm³/mol. The molecule has 0 aliphatic carbocycles. The zero-order valence-corrected chi connectivity index (χ0v) is 18.2. The van der Waals surface area contributed by atoms with Gasteiger partial charge in [-0.1, -0.05) is 19.8 Å². The highest BCUT2D eigenvalue weighted by Gasteiger charge is 2.22. The quantitative estimate of drug-likeness (QED) is 0.654. The van der Waals surface area contributed by atoms with E-state index in [0.717, 1.165) is 50.4 Å². The number of likely N-dealkylation sites (tertiary alicyclic amines) is 1. The van der Waals surface area contributed by atoms with E-state index in [0.29, 0.717) is 18.3 Å². The van der Waals surface area contributed by atoms with Crippen molar-refractivity contribution in [3.05, 3.63) is 24.3 Å². The van der Waals surface area contributed by atoms with Crippen molar-refractivity contribution in [2.24, 2.45) is 11.8 Å². The van der Waals surface area contributed by atoms with E-state index in [1.54, 1.807) is 0 Å². The third-order valence-electron chi connectivity index (χ3n) is 5.96. The van der Waals surface area contributed by atoms with Crippen molar-refractivity contribution in [3.63, 3.8) is 0 Å². The number of urea groups is 1. The van der Waals surface area contributed by atoms with E-state index >= 15 is 0 Å². The summed E-state index contributed by atoms with van der Waals surface area (Å²) in [4.78, 5) is 26.6. The lowest BCUT2D eigenvalue weighted by atomic mass is 9.85. The molecule has 1 aromatic carbocycles. The molecule has 29 heavy (non-hydrogen) atoms. The van der Waals surface area contributed by atoms with Gasteiger partial charge in [0.25, 0.3) is 0 Å². The van der Waals surface area contributed by atoms with E-state index in [1.165, 1.54) is 25.7 Å². The number of hydrogen-bond acceptors (Lipinski definition) is 3. The van der Waals surface area contributed by atoms with Crippen LogP contribution in [0.5, 0.6) is 0 Å². The molecule has 2 heterocycles. The maximum atomic E-state index is 12.4. The van der Waals surface area contributed by atoms with Gasteiger partial charge in [0, 0.05) is 30.9 Å². The lowest BCUT2D eigenvalue weighted by Gasteiger charge is -2.28. The van der Waals surface area contributed by atoms with Crippen molar-refractivity contribution in [1.29, 1.82) is 0 Å². The van der Waals surface area contributed by atoms with E-state index in [4.69, 9.17) is 0 Å². The summed E-state index contributed by atoms with van der Waals surface area (Å²) in [7, 11) is 0. The molecule has 0 spiro atoms. The van der Waals surface area contributed by atoms with E-state index in [-0.39, 0.29) is 24.3 Å². The molecule has 7 heteroatoms. The van der Waals surface area contributed by atoms with Crippen molar-refractivity contribution >= 4 is 35.7 Å². The summed E-state index contributed by atoms with van der Waals surface area (Å²) >= 11 is 0. The first-order chi connectivity index (χ1) is 13.6. The van der Waals surface area contributed by atoms with E-state index in [1.807, 2.05) is 29.2 Å². The Balaban J connectivity index is 0.00000300. The number of halogens is 1. The normalized spacial score (nSPS) is 20.7. The molecular weight excluding hydrogens is 388 g/mol. The van der Waals surface area contributed by atoms with Crippen molar-refractivity contribution in [1.82, 2.24) is 10.2 Å². The van der Waals surface area contributed by atoms with Gasteiger partial charge in [-0.3, -0.25) is 4.79 Å². The second-order valence-corrected chi connectivity index (χ2v) is 8.24. The number of anilines is 2. The molecule has 0 aromatic heterocycles. The number of hydrogen-bond donors (Lipinski definition) is 3. The van der Waals surface area contributed by atoms with Crippen LogP contribution in [0.3, 0.4) is 0 Å². The van der Waals surface area contributed by atoms with Crippen LogP contribution in [0.2, 0.25) is 0 Å². The molecule has 2 aliphatic rings. The smallest absolute Gasteiger partial charge is 0.321 e. The SMILES string of the molecule is CC(CC(=O)Nc1ccc(NC(=O)N2CCCCCC2)cc1)C1CCCNC1.Cl. The highest BCUT2D eigenvalue weighted by Crippen LogP contribution is 2.23. The Bertz CT molecular complexity index is 639. The second kappa shape index (κ2) is 12.0. The third-order valence-corrected chi connectivity index (χ3v) is 5.96. The molecule has 3 amide bonds. The average molecular weight is 423 g/mol. The summed E-state index contributed by atoms with van der Waals surface area (Å²) < 4.78 is 0. The zero-order valence-electron chi connectivity index (χ0n) is 17.4. The zero-order chi connectivity index (χ0) is 19.8. The number of carbonyl (C=O) groups is 2. The Morgan fingerprint density at radius 2 is 1.66 bits per heavy atom. The largest absolute Gasteiger partial charge is 0.326 e. The summed E-state index contributed by atoms with van der Waals surface area (Å²) in [6.45, 7) is 5.93. The van der Waals surface area contributed by atoms with E-state index in [2.05, 4.69) is 22.9 Å². The molecule has 6 nitrogen and oxygen atoms in total. The Kier molecular flexibility index (Phi) is 9.74. The van der Waals surface area contributed by atoms with Crippen LogP contribution in [-0.4, -0.2) is 43.0 Å². The van der Waals surface area contributed by atoms with Gasteiger partial charge in [0.1, 0.15) is 0 Å². The fourth-order valence-electron chi connectivity index (χ4n) is 4.15. The maximum Gasteiger partial charge on any atom is 0.321 e. The molecule has 2 fully saturated rings. The van der Waals surface area contributed by atoms with E-state index in [9.17, 15) is 9.59 Å². The summed E-state index contributed by atoms with van der Waals surface area (Å²) in [5.41, 5.74) is 1.53. The first kappa shape index (κ1) is 23.5. The minimum Gasteiger partial charge on any atom is -0.326 e. The summed E-state index contributed by atoms with van der Waals surface area (Å²) in [5.74, 6) is 1.01. The molecule has 2 unspecified atom stereocenters. The first-order valence-corrected chi connectivity index (χ1v) is 10.8. The minimum atomic E-state index is -0.0337. The molecule has 162 valence electrons. The van der Waals surface area contributed by atoms with Crippen molar-refractivity contribution in [3.8, 4) is 0 Å². The fraction of sp³-hybridized carbons (Fsp3) is 0.636. The van der Waals surface area contributed by atoms with Gasteiger partial charge in [0.05, 0.1) is 0 Å². The fourth-order valence-corrected chi connectivity index (χ4v) is 4.15. The van der Waals surface area contributed by atoms with Crippen LogP contribution in [0.15, 0.2) is 24.3 Å². The third kappa shape index (κ3) is 7.52. The Morgan fingerprint density at radius 3 is 2.24 bits per heavy atom. The summed E-state index contributed by atoms with van der Waals surface area (Å²) in [5, 5.41) is 9.36. The minimum absolute atomic E-state index is 0. The average Bonchev–Trinajstić information content (AvgIpc) is 3.00. The number of carbonyl (C=O) groups excluding carboxylic acids is 2. The molecule has 3 rings (SSSR count). The number of rotatable bonds is 5. The van der Waals surface area contributed by atoms with Gasteiger partial charge in [-0.15, -0.1) is 12.4 Å². The molecule has 1 aromatic rings. The first-order valence-electron chi connectivity index (χ1n) is 10.8. The van der Waals surface area contributed by atoms with Crippen LogP contribution in [0, 0.1) is 11.8 Å². The number of benzene rings is 1. The molecule has 3 N–H and O–H groups in total. The molecule has 2 aliphatic heterocycles. The highest BCUT2D eigenvalue weighted by molar-refractivity contribution is 5.92. The van der Waals surface area contributed by atoms with Crippen LogP contribution in [0.1, 0.15) is 51.9 Å². The van der Waals surface area contributed by atoms with Crippen LogP contribution < -0.4 is 16.0 Å². The maximum absolute atomic E-state index is 12.4. The molecule has 0 saturated carbocycles. The molecule has 0 radical (unpaired) electrons. The van der Waals surface area contributed by atoms with Crippen LogP contribution in [0.4, 0.5) is 16.2 Å². The summed E-state index contributed by atoms with van der Waals surface area (Å²) in [6.07, 6.45) is 7.50. The lowest BCUT2D eigenvalue weighted by Crippen LogP contribution is -2.35. The van der Waals surface area contributed by atoms with Gasteiger partial charge in [-0.05, 0) is 74.9 Å². The molecule has 0 bridgehead atoms. The highest BCUT2D eigenvalue weighted by atomic mass is 35.5. The number of piperidine rings is 1. The van der Waals surface area contributed by atoms with Gasteiger partial charge in [0.2, 0.25) is 5.91 Å². The van der Waals surface area contributed by atoms with Crippen LogP contribution >= 0.6 is 12.4 Å². The number of nitrogens with zero attached hydrogens (tertiary/aromatic N) is 1. The number of nitrogens with one attached hydrogen (secondary N) is 3. The topological polar surface area (TPSA) is 73.5 Å². The molecule has 2 saturated heterocycles. The van der Waals surface area contributed by atoms with Gasteiger partial charge in [-0.2, -0.15) is 0 Å². The van der Waals surface area contributed by atoms with Gasteiger partial charge in [-0.25, -0.2) is 4.79 Å². The van der Waals surface area contributed by atoms with Gasteiger partial charge in [0.15, 0.2) is 0 Å². The Morgan fingerprint density at radius 1 is 1.03 bits per heavy atom. The second-order valence-electron chi connectivity index (χ2n) is 8.24. The van der Waals surface area contributed by atoms with Gasteiger partial charge < -0.3 is 20.9 Å². The predicted octanol–water partition coefficient (Wildman–Crippen LogP) is 4.48. The Hall–Kier alpha value is -1.79. The Labute approximate surface area is 180 Å². The van der Waals surface area contributed by atoms with E-state index < -0.39 is 0 Å². The monoisotopic (exact) mass is 422 g/mol. The lowest BCUT2D eigenvalue weighted by molar-refractivity contribution is -0.117. The molecule has 2 atom stereocenters. The van der Waals surface area contributed by atoms with Gasteiger partial charge >= 0.3 is 6.03 Å². The number of amides is 3.